The number of para-hydroxylation sites is 1. The lowest BCUT2D eigenvalue weighted by atomic mass is 9.98. The maximum Gasteiger partial charge on any atom is 0.162 e. The van der Waals surface area contributed by atoms with E-state index in [0.717, 1.165) is 39.2 Å². The number of thiophene rings is 1. The molecule has 0 radical (unpaired) electrons. The van der Waals surface area contributed by atoms with E-state index in [-0.39, 0.29) is 0 Å². The summed E-state index contributed by atoms with van der Waals surface area (Å²) >= 11 is 1.83. The van der Waals surface area contributed by atoms with Crippen LogP contribution in [-0.2, 0) is 0 Å². The summed E-state index contributed by atoms with van der Waals surface area (Å²) in [6.07, 6.45) is -0.416. The van der Waals surface area contributed by atoms with Crippen molar-refractivity contribution in [3.8, 4) is 5.69 Å². The molecule has 0 saturated heterocycles. The van der Waals surface area contributed by atoms with E-state index >= 15 is 0 Å². The molecule has 2 aromatic heterocycles. The molecule has 0 amide bonds. The molecule has 14 rings (SSSR count). The highest BCUT2D eigenvalue weighted by molar-refractivity contribution is 7.25. The molecule has 1 atom stereocenters. The summed E-state index contributed by atoms with van der Waals surface area (Å²) in [5.41, 5.74) is 6.46. The fourth-order valence-corrected chi connectivity index (χ4v) is 11.5. The van der Waals surface area contributed by atoms with Crippen LogP contribution in [0, 0.1) is 0 Å². The average molecular weight is 833 g/mol. The SMILES string of the molecule is c1ccc2cc3c(cc2c1)c1ccccc1n3-c1ccc2sc3ccccc3c2c1C1=NC(c2ccc3c(ccc4ccccc43)c2)NC(c2ccc3c(ccc4ccccc43)c2)=N1. The highest BCUT2D eigenvalue weighted by Gasteiger charge is 2.28. The van der Waals surface area contributed by atoms with Crippen LogP contribution in [0.3, 0.4) is 0 Å². The Morgan fingerprint density at radius 1 is 0.422 bits per heavy atom. The predicted octanol–water partition coefficient (Wildman–Crippen LogP) is 15.4. The van der Waals surface area contributed by atoms with Crippen molar-refractivity contribution in [1.82, 2.24) is 9.88 Å². The minimum atomic E-state index is -0.416. The number of hydrogen-bond donors (Lipinski definition) is 1. The standard InChI is InChI=1S/C59H36N4S/c1-2-14-38-34-52-49(33-37(38)13-1)47-17-7-9-19-50(47)63(52)51-29-30-54-55(48-18-8-10-20-53(48)64-54)56(51)59-61-57(41-25-27-45-39(31-41)23-21-35-11-3-5-15-43(35)45)60-58(62-59)42-26-28-46-40(32-42)24-22-36-12-4-6-16-44(36)46/h1-34,57H,(H,60,61,62). The molecule has 0 fully saturated rings. The number of fused-ring (bicyclic) bond motifs is 13. The van der Waals surface area contributed by atoms with E-state index in [4.69, 9.17) is 9.98 Å². The lowest BCUT2D eigenvalue weighted by Crippen LogP contribution is -2.33. The first kappa shape index (κ1) is 35.5. The van der Waals surface area contributed by atoms with Crippen molar-refractivity contribution in [2.45, 2.75) is 6.17 Å². The van der Waals surface area contributed by atoms with Crippen LogP contribution in [-0.4, -0.2) is 16.2 Å². The van der Waals surface area contributed by atoms with Gasteiger partial charge in [0, 0.05) is 36.5 Å². The first-order valence-electron chi connectivity index (χ1n) is 21.8. The molecule has 1 aliphatic rings. The lowest BCUT2D eigenvalue weighted by molar-refractivity contribution is 0.675. The van der Waals surface area contributed by atoms with Gasteiger partial charge in [-0.1, -0.05) is 158 Å². The quantitative estimate of drug-likeness (QED) is 0.176. The summed E-state index contributed by atoms with van der Waals surface area (Å²) in [5, 5.41) is 20.9. The number of amidine groups is 2. The second kappa shape index (κ2) is 13.7. The molecule has 1 N–H and O–H groups in total. The maximum absolute atomic E-state index is 5.70. The second-order valence-electron chi connectivity index (χ2n) is 16.9. The molecule has 0 bridgehead atoms. The zero-order valence-electron chi connectivity index (χ0n) is 34.5. The molecule has 4 nitrogen and oxygen atoms in total. The van der Waals surface area contributed by atoms with E-state index in [0.29, 0.717) is 5.84 Å². The van der Waals surface area contributed by atoms with Crippen LogP contribution < -0.4 is 5.32 Å². The van der Waals surface area contributed by atoms with Gasteiger partial charge in [0.15, 0.2) is 5.84 Å². The highest BCUT2D eigenvalue weighted by atomic mass is 32.1. The van der Waals surface area contributed by atoms with Crippen LogP contribution in [0.15, 0.2) is 216 Å². The summed E-state index contributed by atoms with van der Waals surface area (Å²) in [5.74, 6) is 1.49. The van der Waals surface area contributed by atoms with Crippen molar-refractivity contribution in [3.05, 3.63) is 223 Å². The molecule has 0 aliphatic carbocycles. The van der Waals surface area contributed by atoms with Gasteiger partial charge >= 0.3 is 0 Å². The van der Waals surface area contributed by atoms with Gasteiger partial charge in [0.05, 0.1) is 22.3 Å². The van der Waals surface area contributed by atoms with Crippen molar-refractivity contribution < 1.29 is 0 Å². The predicted molar refractivity (Wildman–Crippen MR) is 273 cm³/mol. The molecule has 1 unspecified atom stereocenters. The Bertz CT molecular complexity index is 4190. The number of hydrogen-bond acceptors (Lipinski definition) is 4. The Hall–Kier alpha value is -8.12. The highest BCUT2D eigenvalue weighted by Crippen LogP contribution is 2.43. The van der Waals surface area contributed by atoms with Crippen LogP contribution in [0.25, 0.3) is 102 Å². The Morgan fingerprint density at radius 2 is 1.03 bits per heavy atom. The number of aromatic nitrogens is 1. The monoisotopic (exact) mass is 832 g/mol. The molecular weight excluding hydrogens is 797 g/mol. The molecule has 5 heteroatoms. The van der Waals surface area contributed by atoms with Crippen LogP contribution in [0.2, 0.25) is 0 Å². The lowest BCUT2D eigenvalue weighted by Gasteiger charge is -2.25. The van der Waals surface area contributed by atoms with Crippen molar-refractivity contribution >= 4 is 119 Å². The Morgan fingerprint density at radius 3 is 1.81 bits per heavy atom. The third kappa shape index (κ3) is 5.35. The largest absolute Gasteiger partial charge is 0.344 e. The van der Waals surface area contributed by atoms with E-state index in [1.807, 2.05) is 11.3 Å². The zero-order valence-corrected chi connectivity index (χ0v) is 35.3. The molecule has 1 aliphatic heterocycles. The molecular formula is C59H36N4S. The van der Waals surface area contributed by atoms with Gasteiger partial charge in [0.2, 0.25) is 0 Å². The molecule has 11 aromatic carbocycles. The maximum atomic E-state index is 5.70. The summed E-state index contributed by atoms with van der Waals surface area (Å²) < 4.78 is 4.90. The Balaban J connectivity index is 1.06. The fourth-order valence-electron chi connectivity index (χ4n) is 10.4. The fraction of sp³-hybridized carbons (Fsp3) is 0.0169. The van der Waals surface area contributed by atoms with Gasteiger partial charge in [-0.2, -0.15) is 0 Å². The van der Waals surface area contributed by atoms with Gasteiger partial charge in [0.1, 0.15) is 12.0 Å². The van der Waals surface area contributed by atoms with Gasteiger partial charge in [-0.25, -0.2) is 9.98 Å². The van der Waals surface area contributed by atoms with Crippen molar-refractivity contribution in [2.75, 3.05) is 0 Å². The number of aliphatic imine (C=N–C) groups is 2. The number of rotatable bonds is 4. The summed E-state index contributed by atoms with van der Waals surface area (Å²) in [6, 6.07) is 75.2. The van der Waals surface area contributed by atoms with Crippen LogP contribution in [0.1, 0.15) is 22.9 Å². The van der Waals surface area contributed by atoms with Gasteiger partial charge < -0.3 is 9.88 Å². The van der Waals surface area contributed by atoms with Gasteiger partial charge in [-0.3, -0.25) is 0 Å². The topological polar surface area (TPSA) is 41.7 Å². The van der Waals surface area contributed by atoms with Gasteiger partial charge in [0.25, 0.3) is 0 Å². The Labute approximate surface area is 371 Å². The zero-order chi connectivity index (χ0) is 41.9. The minimum absolute atomic E-state index is 0.416. The van der Waals surface area contributed by atoms with Crippen LogP contribution in [0.5, 0.6) is 0 Å². The summed E-state index contributed by atoms with van der Waals surface area (Å²) in [4.78, 5) is 11.3. The van der Waals surface area contributed by atoms with Crippen molar-refractivity contribution in [3.63, 3.8) is 0 Å². The van der Waals surface area contributed by atoms with E-state index in [1.165, 1.54) is 84.8 Å². The number of nitrogens with one attached hydrogen (secondary N) is 1. The molecule has 0 spiro atoms. The van der Waals surface area contributed by atoms with Gasteiger partial charge in [-0.15, -0.1) is 11.3 Å². The minimum Gasteiger partial charge on any atom is -0.344 e. The van der Waals surface area contributed by atoms with Gasteiger partial charge in [-0.05, 0) is 108 Å². The number of nitrogens with zero attached hydrogens (tertiary/aromatic N) is 3. The third-order valence-corrected chi connectivity index (χ3v) is 14.5. The smallest absolute Gasteiger partial charge is 0.162 e. The average Bonchev–Trinajstić information content (AvgIpc) is 3.90. The van der Waals surface area contributed by atoms with Crippen LogP contribution in [0.4, 0.5) is 0 Å². The Kier molecular flexibility index (Phi) is 7.59. The number of benzene rings is 11. The van der Waals surface area contributed by atoms with E-state index in [2.05, 4.69) is 216 Å². The van der Waals surface area contributed by atoms with E-state index in [9.17, 15) is 0 Å². The van der Waals surface area contributed by atoms with Crippen molar-refractivity contribution in [2.24, 2.45) is 9.98 Å². The molecule has 298 valence electrons. The second-order valence-corrected chi connectivity index (χ2v) is 18.0. The van der Waals surface area contributed by atoms with Crippen LogP contribution >= 0.6 is 11.3 Å². The molecule has 13 aromatic rings. The first-order valence-corrected chi connectivity index (χ1v) is 22.7. The van der Waals surface area contributed by atoms with Crippen molar-refractivity contribution in [1.29, 1.82) is 0 Å². The molecule has 3 heterocycles. The van der Waals surface area contributed by atoms with E-state index < -0.39 is 6.17 Å². The first-order chi connectivity index (χ1) is 31.7. The third-order valence-electron chi connectivity index (χ3n) is 13.4. The summed E-state index contributed by atoms with van der Waals surface area (Å²) in [6.45, 7) is 0. The summed E-state index contributed by atoms with van der Waals surface area (Å²) in [7, 11) is 0. The normalized spacial score (nSPS) is 14.4. The molecule has 64 heavy (non-hydrogen) atoms. The molecule has 0 saturated carbocycles. The van der Waals surface area contributed by atoms with E-state index in [1.54, 1.807) is 0 Å².